The van der Waals surface area contributed by atoms with Gasteiger partial charge in [-0.05, 0) is 39.8 Å². The molecule has 0 aliphatic carbocycles. The number of nitrogens with one attached hydrogen (secondary N) is 2. The van der Waals surface area contributed by atoms with E-state index in [0.29, 0.717) is 19.7 Å². The van der Waals surface area contributed by atoms with E-state index in [1.54, 1.807) is 7.05 Å². The van der Waals surface area contributed by atoms with Crippen LogP contribution in [0.25, 0.3) is 0 Å². The molecule has 0 aliphatic heterocycles. The predicted molar refractivity (Wildman–Crippen MR) is 103 cm³/mol. The highest BCUT2D eigenvalue weighted by Gasteiger charge is 2.26. The number of hydrogen-bond acceptors (Lipinski definition) is 3. The summed E-state index contributed by atoms with van der Waals surface area (Å²) in [6, 6.07) is 8.01. The van der Waals surface area contributed by atoms with Crippen molar-refractivity contribution >= 4 is 11.9 Å². The first kappa shape index (κ1) is 20.8. The number of amides is 1. The van der Waals surface area contributed by atoms with Gasteiger partial charge < -0.3 is 20.3 Å². The van der Waals surface area contributed by atoms with Gasteiger partial charge in [-0.1, -0.05) is 17.7 Å². The van der Waals surface area contributed by atoms with E-state index in [4.69, 9.17) is 4.74 Å². The monoisotopic (exact) mass is 348 g/mol. The molecule has 1 aromatic carbocycles. The van der Waals surface area contributed by atoms with Gasteiger partial charge in [-0.25, -0.2) is 0 Å². The highest BCUT2D eigenvalue weighted by Crippen LogP contribution is 2.15. The summed E-state index contributed by atoms with van der Waals surface area (Å²) >= 11 is 0. The molecular formula is C19H32N4O2. The normalized spacial score (nSPS) is 11.8. The van der Waals surface area contributed by atoms with Crippen LogP contribution >= 0.6 is 0 Å². The van der Waals surface area contributed by atoms with Crippen LogP contribution in [0, 0.1) is 12.3 Å². The summed E-state index contributed by atoms with van der Waals surface area (Å²) < 4.78 is 5.77. The minimum absolute atomic E-state index is 0.0162. The molecule has 6 heteroatoms. The summed E-state index contributed by atoms with van der Waals surface area (Å²) in [7, 11) is 3.61. The van der Waals surface area contributed by atoms with Gasteiger partial charge >= 0.3 is 0 Å². The van der Waals surface area contributed by atoms with Crippen molar-refractivity contribution in [2.24, 2.45) is 10.4 Å². The number of benzene rings is 1. The lowest BCUT2D eigenvalue weighted by molar-refractivity contribution is -0.128. The van der Waals surface area contributed by atoms with Gasteiger partial charge in [-0.15, -0.1) is 0 Å². The molecule has 1 aromatic rings. The third-order valence-electron chi connectivity index (χ3n) is 3.88. The molecule has 25 heavy (non-hydrogen) atoms. The lowest BCUT2D eigenvalue weighted by Gasteiger charge is -2.25. The van der Waals surface area contributed by atoms with Gasteiger partial charge in [0.15, 0.2) is 5.96 Å². The Kier molecular flexibility index (Phi) is 8.25. The lowest BCUT2D eigenvalue weighted by atomic mass is 9.93. The van der Waals surface area contributed by atoms with Crippen LogP contribution in [0.4, 0.5) is 0 Å². The molecule has 0 saturated heterocycles. The van der Waals surface area contributed by atoms with E-state index in [9.17, 15) is 4.79 Å². The van der Waals surface area contributed by atoms with Crippen LogP contribution in [0.3, 0.4) is 0 Å². The molecule has 6 nitrogen and oxygen atoms in total. The first-order valence-corrected chi connectivity index (χ1v) is 8.71. The van der Waals surface area contributed by atoms with Gasteiger partial charge in [-0.3, -0.25) is 9.79 Å². The molecule has 0 spiro atoms. The second kappa shape index (κ2) is 9.91. The zero-order valence-electron chi connectivity index (χ0n) is 16.3. The molecule has 0 saturated carbocycles. The van der Waals surface area contributed by atoms with Crippen molar-refractivity contribution in [1.82, 2.24) is 15.5 Å². The molecule has 2 N–H and O–H groups in total. The summed E-state index contributed by atoms with van der Waals surface area (Å²) in [5.41, 5.74) is 0.666. The maximum absolute atomic E-state index is 11.9. The predicted octanol–water partition coefficient (Wildman–Crippen LogP) is 2.04. The van der Waals surface area contributed by atoms with Crippen LogP contribution in [0.2, 0.25) is 0 Å². The fourth-order valence-electron chi connectivity index (χ4n) is 2.19. The second-order valence-electron chi connectivity index (χ2n) is 6.72. The van der Waals surface area contributed by atoms with E-state index in [0.717, 1.165) is 18.3 Å². The molecule has 0 unspecified atom stereocenters. The number of aryl methyl sites for hydroxylation is 1. The van der Waals surface area contributed by atoms with Crippen molar-refractivity contribution < 1.29 is 9.53 Å². The molecule has 1 amide bonds. The summed E-state index contributed by atoms with van der Waals surface area (Å²) in [6.45, 7) is 10.3. The van der Waals surface area contributed by atoms with E-state index in [2.05, 4.69) is 22.5 Å². The Morgan fingerprint density at radius 1 is 1.28 bits per heavy atom. The van der Waals surface area contributed by atoms with Crippen molar-refractivity contribution in [3.8, 4) is 5.75 Å². The van der Waals surface area contributed by atoms with E-state index < -0.39 is 5.41 Å². The van der Waals surface area contributed by atoms with Gasteiger partial charge in [0.25, 0.3) is 0 Å². The molecule has 0 heterocycles. The van der Waals surface area contributed by atoms with E-state index in [-0.39, 0.29) is 5.91 Å². The average Bonchev–Trinajstić information content (AvgIpc) is 2.59. The maximum Gasteiger partial charge on any atom is 0.227 e. The number of guanidine groups is 1. The molecule has 0 fully saturated rings. The van der Waals surface area contributed by atoms with E-state index in [1.165, 1.54) is 5.56 Å². The van der Waals surface area contributed by atoms with Crippen LogP contribution in [-0.2, 0) is 4.79 Å². The summed E-state index contributed by atoms with van der Waals surface area (Å²) in [4.78, 5) is 18.5. The molecule has 0 atom stereocenters. The first-order valence-electron chi connectivity index (χ1n) is 8.71. The van der Waals surface area contributed by atoms with Crippen LogP contribution in [0.5, 0.6) is 5.75 Å². The van der Waals surface area contributed by atoms with Gasteiger partial charge in [0, 0.05) is 20.6 Å². The molecule has 0 radical (unpaired) electrons. The van der Waals surface area contributed by atoms with Crippen LogP contribution in [0.1, 0.15) is 26.3 Å². The van der Waals surface area contributed by atoms with Crippen molar-refractivity contribution in [2.75, 3.05) is 40.3 Å². The smallest absolute Gasteiger partial charge is 0.227 e. The van der Waals surface area contributed by atoms with E-state index in [1.807, 2.05) is 57.0 Å². The topological polar surface area (TPSA) is 66.0 Å². The number of likely N-dealkylation sites (N-methyl/N-ethyl adjacent to an activating group) is 1. The quantitative estimate of drug-likeness (QED) is 0.557. The number of carbonyl (C=O) groups excluding carboxylic acids is 1. The minimum atomic E-state index is -0.547. The van der Waals surface area contributed by atoms with Crippen LogP contribution in [0.15, 0.2) is 29.3 Å². The van der Waals surface area contributed by atoms with Crippen molar-refractivity contribution in [1.29, 1.82) is 0 Å². The van der Waals surface area contributed by atoms with E-state index >= 15 is 0 Å². The zero-order valence-corrected chi connectivity index (χ0v) is 16.3. The van der Waals surface area contributed by atoms with Crippen LogP contribution < -0.4 is 15.4 Å². The molecular weight excluding hydrogens is 316 g/mol. The second-order valence-corrected chi connectivity index (χ2v) is 6.72. The third kappa shape index (κ3) is 7.03. The summed E-state index contributed by atoms with van der Waals surface area (Å²) in [6.07, 6.45) is 0. The Balaban J connectivity index is 2.59. The van der Waals surface area contributed by atoms with Crippen molar-refractivity contribution in [2.45, 2.75) is 27.7 Å². The Labute approximate surface area is 151 Å². The Morgan fingerprint density at radius 2 is 1.92 bits per heavy atom. The molecule has 0 aliphatic rings. The number of ether oxygens (including phenoxy) is 1. The molecule has 140 valence electrons. The molecule has 1 rings (SSSR count). The highest BCUT2D eigenvalue weighted by molar-refractivity contribution is 5.83. The fraction of sp³-hybridized carbons (Fsp3) is 0.579. The summed E-state index contributed by atoms with van der Waals surface area (Å²) in [5, 5.41) is 5.94. The highest BCUT2D eigenvalue weighted by atomic mass is 16.5. The van der Waals surface area contributed by atoms with Gasteiger partial charge in [0.1, 0.15) is 12.4 Å². The number of hydrogen-bond donors (Lipinski definition) is 2. The minimum Gasteiger partial charge on any atom is -0.492 e. The Hall–Kier alpha value is -2.24. The number of nitrogens with zero attached hydrogens (tertiary/aromatic N) is 2. The first-order chi connectivity index (χ1) is 11.8. The Bertz CT molecular complexity index is 567. The maximum atomic E-state index is 11.9. The van der Waals surface area contributed by atoms with Gasteiger partial charge in [0.05, 0.1) is 18.5 Å². The van der Waals surface area contributed by atoms with Crippen LogP contribution in [-0.4, -0.2) is 57.1 Å². The largest absolute Gasteiger partial charge is 0.492 e. The van der Waals surface area contributed by atoms with Crippen molar-refractivity contribution in [3.05, 3.63) is 29.8 Å². The lowest BCUT2D eigenvalue weighted by Crippen LogP contribution is -2.43. The summed E-state index contributed by atoms with van der Waals surface area (Å²) in [5.74, 6) is 1.62. The number of carbonyl (C=O) groups is 1. The molecule has 0 aromatic heterocycles. The third-order valence-corrected chi connectivity index (χ3v) is 3.88. The molecule has 0 bridgehead atoms. The van der Waals surface area contributed by atoms with Crippen molar-refractivity contribution in [3.63, 3.8) is 0 Å². The zero-order chi connectivity index (χ0) is 18.9. The number of rotatable bonds is 8. The van der Waals surface area contributed by atoms with Gasteiger partial charge in [0.2, 0.25) is 5.91 Å². The standard InChI is InChI=1S/C19H32N4O2/c1-7-21-18(22-14-19(3,4)17(24)20-5)23(6)12-13-25-16-10-8-15(2)9-11-16/h8-11H,7,12-14H2,1-6H3,(H,20,24)(H,21,22). The fourth-order valence-corrected chi connectivity index (χ4v) is 2.19. The number of aliphatic imine (C=N–C) groups is 1. The Morgan fingerprint density at radius 3 is 2.48 bits per heavy atom. The SMILES string of the molecule is CCNC(=NCC(C)(C)C(=O)NC)N(C)CCOc1ccc(C)cc1. The average molecular weight is 348 g/mol. The van der Waals surface area contributed by atoms with Gasteiger partial charge in [-0.2, -0.15) is 0 Å².